The summed E-state index contributed by atoms with van der Waals surface area (Å²) in [6.07, 6.45) is 0. The number of hydrogen-bond acceptors (Lipinski definition) is 2. The summed E-state index contributed by atoms with van der Waals surface area (Å²) in [5.41, 5.74) is 9.22. The van der Waals surface area contributed by atoms with Gasteiger partial charge < -0.3 is 0 Å². The predicted octanol–water partition coefficient (Wildman–Crippen LogP) is 15.0. The van der Waals surface area contributed by atoms with E-state index in [1.54, 1.807) is 0 Å². The second-order valence-electron chi connectivity index (χ2n) is 14.6. The Labute approximate surface area is 327 Å². The second kappa shape index (κ2) is 12.2. The van der Waals surface area contributed by atoms with E-state index in [0.29, 0.717) is 0 Å². The molecule has 260 valence electrons. The molecule has 0 unspecified atom stereocenters. The maximum Gasteiger partial charge on any atom is 0.145 e. The first-order chi connectivity index (χ1) is 27.8. The maximum atomic E-state index is 5.08. The Morgan fingerprint density at radius 3 is 1.57 bits per heavy atom. The van der Waals surface area contributed by atoms with E-state index in [0.717, 1.165) is 28.1 Å². The Kier molecular flexibility index (Phi) is 6.83. The Morgan fingerprint density at radius 2 is 0.893 bits per heavy atom. The lowest BCUT2D eigenvalue weighted by Crippen LogP contribution is -1.97. The van der Waals surface area contributed by atoms with Crippen LogP contribution in [0.25, 0.3) is 114 Å². The van der Waals surface area contributed by atoms with Gasteiger partial charge in [0, 0.05) is 36.8 Å². The lowest BCUT2D eigenvalue weighted by Gasteiger charge is -2.18. The fourth-order valence-electron chi connectivity index (χ4n) is 9.16. The van der Waals surface area contributed by atoms with Crippen molar-refractivity contribution in [3.8, 4) is 39.3 Å². The van der Waals surface area contributed by atoms with Crippen LogP contribution in [0.2, 0.25) is 0 Å². The van der Waals surface area contributed by atoms with Crippen LogP contribution in [0.1, 0.15) is 0 Å². The first kappa shape index (κ1) is 31.3. The van der Waals surface area contributed by atoms with Gasteiger partial charge in [0.05, 0.1) is 11.0 Å². The van der Waals surface area contributed by atoms with Crippen LogP contribution in [-0.2, 0) is 0 Å². The second-order valence-corrected chi connectivity index (χ2v) is 15.7. The van der Waals surface area contributed by atoms with Crippen molar-refractivity contribution in [3.63, 3.8) is 0 Å². The minimum Gasteiger partial charge on any atom is -0.292 e. The quantitative estimate of drug-likeness (QED) is 0.130. The molecular weight excluding hydrogens is 697 g/mol. The lowest BCUT2D eigenvalue weighted by atomic mass is 9.85. The van der Waals surface area contributed by atoms with Gasteiger partial charge in [-0.3, -0.25) is 4.57 Å². The number of benzene rings is 10. The van der Waals surface area contributed by atoms with Crippen molar-refractivity contribution in [1.29, 1.82) is 0 Å². The summed E-state index contributed by atoms with van der Waals surface area (Å²) in [4.78, 5) is 5.08. The molecule has 56 heavy (non-hydrogen) atoms. The van der Waals surface area contributed by atoms with Gasteiger partial charge in [-0.25, -0.2) is 4.98 Å². The van der Waals surface area contributed by atoms with E-state index >= 15 is 0 Å². The molecule has 0 radical (unpaired) electrons. The number of nitrogens with zero attached hydrogens (tertiary/aromatic N) is 2. The van der Waals surface area contributed by atoms with Crippen LogP contribution in [0, 0.1) is 0 Å². The molecule has 0 N–H and O–H groups in total. The summed E-state index contributed by atoms with van der Waals surface area (Å²) in [7, 11) is 0. The molecule has 0 aliphatic carbocycles. The van der Waals surface area contributed by atoms with Crippen LogP contribution in [0.3, 0.4) is 0 Å². The number of aromatic nitrogens is 2. The molecule has 0 bridgehead atoms. The highest BCUT2D eigenvalue weighted by atomic mass is 32.1. The Bertz CT molecular complexity index is 3460. The molecule has 2 nitrogen and oxygen atoms in total. The molecule has 0 amide bonds. The monoisotopic (exact) mass is 728 g/mol. The van der Waals surface area contributed by atoms with Crippen molar-refractivity contribution in [2.45, 2.75) is 0 Å². The van der Waals surface area contributed by atoms with Gasteiger partial charge in [-0.1, -0.05) is 158 Å². The van der Waals surface area contributed by atoms with Gasteiger partial charge in [0.1, 0.15) is 5.82 Å². The summed E-state index contributed by atoms with van der Waals surface area (Å²) in [5, 5.41) is 13.0. The normalized spacial score (nSPS) is 11.9. The molecule has 10 aromatic carbocycles. The van der Waals surface area contributed by atoms with Crippen LogP contribution in [0.15, 0.2) is 194 Å². The Balaban J connectivity index is 1.07. The molecule has 0 aliphatic rings. The fourth-order valence-corrected chi connectivity index (χ4v) is 10.4. The topological polar surface area (TPSA) is 17.8 Å². The number of fused-ring (bicyclic) bond motifs is 11. The number of hydrogen-bond donors (Lipinski definition) is 0. The molecule has 3 heteroatoms. The third kappa shape index (κ3) is 4.59. The maximum absolute atomic E-state index is 5.08. The van der Waals surface area contributed by atoms with Gasteiger partial charge in [-0.2, -0.15) is 0 Å². The molecule has 0 saturated carbocycles. The van der Waals surface area contributed by atoms with Crippen molar-refractivity contribution >= 4 is 85.6 Å². The van der Waals surface area contributed by atoms with Crippen LogP contribution in [0.4, 0.5) is 0 Å². The van der Waals surface area contributed by atoms with Gasteiger partial charge in [0.25, 0.3) is 0 Å². The van der Waals surface area contributed by atoms with E-state index in [1.165, 1.54) is 85.5 Å². The van der Waals surface area contributed by atoms with Gasteiger partial charge in [-0.05, 0) is 96.4 Å². The number of rotatable bonds is 4. The molecule has 12 aromatic rings. The molecule has 2 aromatic heterocycles. The third-order valence-corrected chi connectivity index (χ3v) is 12.8. The zero-order chi connectivity index (χ0) is 36.7. The van der Waals surface area contributed by atoms with E-state index in [-0.39, 0.29) is 0 Å². The average molecular weight is 729 g/mol. The first-order valence-corrected chi connectivity index (χ1v) is 19.9. The molecule has 0 atom stereocenters. The Morgan fingerprint density at radius 1 is 0.375 bits per heavy atom. The standard InChI is InChI=1S/C53H32N2S/c1-2-14-34(15-3-1)53-54-46-24-12-13-25-47(46)55(53)36-29-26-33(27-30-36)49-40-19-7-9-21-42(40)50(43-22-10-8-20-41(43)49)35-28-31-48-45(32-35)51-39-18-6-4-16-37(39)38-17-5-11-23-44(38)52(51)56-48/h1-32H. The van der Waals surface area contributed by atoms with E-state index in [1.807, 2.05) is 11.3 Å². The molecule has 0 spiro atoms. The van der Waals surface area contributed by atoms with Crippen LogP contribution in [-0.4, -0.2) is 9.55 Å². The van der Waals surface area contributed by atoms with Crippen molar-refractivity contribution in [1.82, 2.24) is 9.55 Å². The predicted molar refractivity (Wildman–Crippen MR) is 240 cm³/mol. The van der Waals surface area contributed by atoms with Gasteiger partial charge in [-0.15, -0.1) is 11.3 Å². The zero-order valence-corrected chi connectivity index (χ0v) is 31.1. The summed E-state index contributed by atoms with van der Waals surface area (Å²) >= 11 is 1.91. The van der Waals surface area contributed by atoms with Crippen LogP contribution < -0.4 is 0 Å². The smallest absolute Gasteiger partial charge is 0.145 e. The molecule has 12 rings (SSSR count). The average Bonchev–Trinajstić information content (AvgIpc) is 3.85. The highest BCUT2D eigenvalue weighted by Gasteiger charge is 2.20. The fraction of sp³-hybridized carbons (Fsp3) is 0. The van der Waals surface area contributed by atoms with Crippen LogP contribution in [0.5, 0.6) is 0 Å². The number of imidazole rings is 1. The van der Waals surface area contributed by atoms with E-state index < -0.39 is 0 Å². The molecule has 0 saturated heterocycles. The van der Waals surface area contributed by atoms with Gasteiger partial charge in [0.2, 0.25) is 0 Å². The van der Waals surface area contributed by atoms with Crippen molar-refractivity contribution in [2.75, 3.05) is 0 Å². The van der Waals surface area contributed by atoms with Crippen molar-refractivity contribution in [3.05, 3.63) is 194 Å². The van der Waals surface area contributed by atoms with Crippen LogP contribution >= 0.6 is 11.3 Å². The van der Waals surface area contributed by atoms with E-state index in [4.69, 9.17) is 4.98 Å². The summed E-state index contributed by atoms with van der Waals surface area (Å²) in [5.74, 6) is 0.941. The molecule has 2 heterocycles. The number of para-hydroxylation sites is 2. The van der Waals surface area contributed by atoms with Gasteiger partial charge in [0.15, 0.2) is 0 Å². The van der Waals surface area contributed by atoms with Gasteiger partial charge >= 0.3 is 0 Å². The largest absolute Gasteiger partial charge is 0.292 e. The summed E-state index contributed by atoms with van der Waals surface area (Å²) in [6, 6.07) is 70.8. The highest BCUT2D eigenvalue weighted by Crippen LogP contribution is 2.48. The lowest BCUT2D eigenvalue weighted by molar-refractivity contribution is 1.10. The summed E-state index contributed by atoms with van der Waals surface area (Å²) in [6.45, 7) is 0. The third-order valence-electron chi connectivity index (χ3n) is 11.6. The van der Waals surface area contributed by atoms with E-state index in [2.05, 4.69) is 199 Å². The highest BCUT2D eigenvalue weighted by molar-refractivity contribution is 7.27. The minimum atomic E-state index is 0.941. The Hall–Kier alpha value is -7.07. The molecule has 0 fully saturated rings. The zero-order valence-electron chi connectivity index (χ0n) is 30.3. The van der Waals surface area contributed by atoms with E-state index in [9.17, 15) is 0 Å². The SMILES string of the molecule is c1ccc(-c2nc3ccccc3n2-c2ccc(-c3c4ccccc4c(-c4ccc5sc6c7ccccc7c7ccccc7c6c5c4)c4ccccc34)cc2)cc1. The molecular formula is C53H32N2S. The summed E-state index contributed by atoms with van der Waals surface area (Å²) < 4.78 is 4.96. The van der Waals surface area contributed by atoms with Crippen molar-refractivity contribution in [2.24, 2.45) is 0 Å². The first-order valence-electron chi connectivity index (χ1n) is 19.1. The number of thiophene rings is 1. The van der Waals surface area contributed by atoms with Crippen molar-refractivity contribution < 1.29 is 0 Å². The molecule has 0 aliphatic heterocycles. The minimum absolute atomic E-state index is 0.941.